The van der Waals surface area contributed by atoms with Gasteiger partial charge >= 0.3 is 26.2 Å². The van der Waals surface area contributed by atoms with E-state index in [9.17, 15) is 0 Å². The van der Waals surface area contributed by atoms with E-state index in [0.29, 0.717) is 16.7 Å². The predicted octanol–water partition coefficient (Wildman–Crippen LogP) is 10.3. The van der Waals surface area contributed by atoms with Crippen LogP contribution in [0.3, 0.4) is 0 Å². The molecule has 3 atom stereocenters. The normalized spacial score (nSPS) is 29.3. The summed E-state index contributed by atoms with van der Waals surface area (Å²) in [6.45, 7) is 13.5. The molecule has 4 fully saturated rings. The van der Waals surface area contributed by atoms with Crippen LogP contribution in [-0.4, -0.2) is 15.8 Å². The van der Waals surface area contributed by atoms with E-state index in [1.807, 2.05) is 40.6 Å². The maximum absolute atomic E-state index is 8.46. The Labute approximate surface area is 286 Å². The fourth-order valence-corrected chi connectivity index (χ4v) is 8.62. The van der Waals surface area contributed by atoms with Crippen LogP contribution in [0, 0.1) is 36.2 Å². The summed E-state index contributed by atoms with van der Waals surface area (Å²) in [7, 11) is 1.90. The minimum absolute atomic E-state index is 0. The van der Waals surface area contributed by atoms with Crippen molar-refractivity contribution in [3.8, 4) is 11.1 Å². The number of hydrogen-bond acceptors (Lipinski definition) is 0. The Morgan fingerprint density at radius 2 is 1.12 bits per heavy atom. The second-order valence-corrected chi connectivity index (χ2v) is 14.7. The monoisotopic (exact) mass is 665 g/mol. The van der Waals surface area contributed by atoms with Gasteiger partial charge in [0.1, 0.15) is 0 Å². The van der Waals surface area contributed by atoms with Crippen molar-refractivity contribution in [1.82, 2.24) is 0 Å². The van der Waals surface area contributed by atoms with Gasteiger partial charge in [0, 0.05) is 10.2 Å². The zero-order valence-corrected chi connectivity index (χ0v) is 31.6. The van der Waals surface area contributed by atoms with Crippen LogP contribution in [-0.2, 0) is 26.2 Å². The summed E-state index contributed by atoms with van der Waals surface area (Å²) in [5.74, 6) is 1.45. The van der Waals surface area contributed by atoms with Gasteiger partial charge in [-0.05, 0) is 47.1 Å². The summed E-state index contributed by atoms with van der Waals surface area (Å²) < 4.78 is 0. The Balaban J connectivity index is 0.000000202. The third-order valence-corrected chi connectivity index (χ3v) is 10.1. The molecular formula is C40H53NSiZr. The quantitative estimate of drug-likeness (QED) is 0.182. The number of hydrogen-bond donors (Lipinski definition) is 0. The van der Waals surface area contributed by atoms with Gasteiger partial charge in [0.05, 0.1) is 0 Å². The summed E-state index contributed by atoms with van der Waals surface area (Å²) in [6.07, 6.45) is 11.2. The fourth-order valence-electron chi connectivity index (χ4n) is 8.35. The summed E-state index contributed by atoms with van der Waals surface area (Å²) in [5.41, 5.74) is 16.3. The average Bonchev–Trinajstić information content (AvgIpc) is 3.13. The van der Waals surface area contributed by atoms with E-state index >= 15 is 0 Å². The number of rotatable bonds is 1. The van der Waals surface area contributed by atoms with Gasteiger partial charge in [0.25, 0.3) is 0 Å². The van der Waals surface area contributed by atoms with Gasteiger partial charge in [-0.25, -0.2) is 5.57 Å². The van der Waals surface area contributed by atoms with Crippen molar-refractivity contribution >= 4 is 15.4 Å². The van der Waals surface area contributed by atoms with Crippen LogP contribution in [0.15, 0.2) is 108 Å². The van der Waals surface area contributed by atoms with Crippen LogP contribution >= 0.6 is 0 Å². The molecule has 1 nitrogen and oxygen atoms in total. The van der Waals surface area contributed by atoms with Gasteiger partial charge in [-0.15, -0.1) is 12.5 Å². The molecule has 8 rings (SSSR count). The standard InChI is InChI=1S/C12H20N.C12H10.C9H13.C6H7Si.CH3.Zr/c1-10-3-9-4-11(2,6-10)8-12(13,5-9)7-10;1-3-7-11(8-4-1)12-9-5-2-6-10-12;1-6-5-7(2)9(4)8(6)3;7-6-4-2-1-3-5-6;;/h9,13H,3-8H2,1-2H3;1-10H;6H,1-4H3;1-5H,7H2;1H3;/q-1;;-1;;-1;+3. The molecule has 5 aliphatic carbocycles. The van der Waals surface area contributed by atoms with E-state index in [-0.39, 0.29) is 39.2 Å². The molecule has 5 aliphatic rings. The smallest absolute Gasteiger partial charge is 0.672 e. The summed E-state index contributed by atoms with van der Waals surface area (Å²) in [4.78, 5) is 0. The molecule has 0 spiro atoms. The van der Waals surface area contributed by atoms with Crippen molar-refractivity contribution in [2.45, 2.75) is 85.6 Å². The Morgan fingerprint density at radius 1 is 0.698 bits per heavy atom. The molecule has 0 aliphatic heterocycles. The van der Waals surface area contributed by atoms with Crippen LogP contribution in [0.4, 0.5) is 0 Å². The van der Waals surface area contributed by atoms with Crippen molar-refractivity contribution in [3.63, 3.8) is 0 Å². The minimum Gasteiger partial charge on any atom is -0.672 e. The van der Waals surface area contributed by atoms with Gasteiger partial charge in [-0.2, -0.15) is 11.1 Å². The molecule has 0 saturated heterocycles. The van der Waals surface area contributed by atoms with Crippen molar-refractivity contribution in [3.05, 3.63) is 127 Å². The van der Waals surface area contributed by atoms with E-state index < -0.39 is 0 Å². The molecular weight excluding hydrogens is 614 g/mol. The predicted molar refractivity (Wildman–Crippen MR) is 187 cm³/mol. The first kappa shape index (κ1) is 37.4. The molecule has 226 valence electrons. The second-order valence-electron chi connectivity index (χ2n) is 13.9. The molecule has 3 aromatic carbocycles. The fraction of sp³-hybridized carbons (Fsp3) is 0.425. The number of allylic oxidation sites excluding steroid dienone is 4. The zero-order valence-electron chi connectivity index (χ0n) is 27.8. The van der Waals surface area contributed by atoms with Crippen molar-refractivity contribution in [2.24, 2.45) is 22.7 Å². The minimum atomic E-state index is -0.0249. The average molecular weight is 667 g/mol. The first-order chi connectivity index (χ1) is 19.4. The van der Waals surface area contributed by atoms with E-state index in [2.05, 4.69) is 108 Å². The number of benzene rings is 3. The Morgan fingerprint density at radius 3 is 1.37 bits per heavy atom. The molecule has 43 heavy (non-hydrogen) atoms. The molecule has 4 bridgehead atoms. The van der Waals surface area contributed by atoms with Gasteiger partial charge in [0.2, 0.25) is 0 Å². The van der Waals surface area contributed by atoms with Crippen molar-refractivity contribution in [2.75, 3.05) is 0 Å². The Kier molecular flexibility index (Phi) is 13.9. The van der Waals surface area contributed by atoms with Gasteiger partial charge in [-0.3, -0.25) is 6.08 Å². The molecule has 0 aromatic heterocycles. The van der Waals surface area contributed by atoms with Crippen LogP contribution in [0.5, 0.6) is 0 Å². The largest absolute Gasteiger partial charge is 3.00 e. The zero-order chi connectivity index (χ0) is 29.7. The molecule has 0 heterocycles. The van der Waals surface area contributed by atoms with E-state index in [0.717, 1.165) is 5.92 Å². The molecule has 2 radical (unpaired) electrons. The van der Waals surface area contributed by atoms with Crippen LogP contribution in [0.2, 0.25) is 0 Å². The van der Waals surface area contributed by atoms with Gasteiger partial charge in [-0.1, -0.05) is 156 Å². The molecule has 0 amide bonds. The topological polar surface area (TPSA) is 23.8 Å². The Hall–Kier alpha value is -1.80. The summed E-state index contributed by atoms with van der Waals surface area (Å²) in [6, 6.07) is 31.1. The van der Waals surface area contributed by atoms with Crippen molar-refractivity contribution < 1.29 is 26.2 Å². The van der Waals surface area contributed by atoms with Gasteiger partial charge < -0.3 is 13.2 Å². The molecule has 3 aromatic rings. The summed E-state index contributed by atoms with van der Waals surface area (Å²) in [5, 5.41) is 1.35. The van der Waals surface area contributed by atoms with E-state index in [1.165, 1.54) is 71.6 Å². The van der Waals surface area contributed by atoms with E-state index in [1.54, 1.807) is 0 Å². The third-order valence-electron chi connectivity index (χ3n) is 9.59. The first-order valence-electron chi connectivity index (χ1n) is 15.4. The van der Waals surface area contributed by atoms with Crippen molar-refractivity contribution in [1.29, 1.82) is 0 Å². The van der Waals surface area contributed by atoms with E-state index in [4.69, 9.17) is 5.73 Å². The summed E-state index contributed by atoms with van der Waals surface area (Å²) >= 11 is 0. The molecule has 3 heteroatoms. The SMILES string of the molecule is CC12CC3CC(C)(C1)CC([NH-])(C3)C2.CC1=[C-]C(C)C(C)=C1C.[CH3-].[SiH2]c1ccccc1.[Zr+3].c1ccc(-c2ccccc2)cc1. The Bertz CT molecular complexity index is 1240. The molecule has 3 unspecified atom stereocenters. The molecule has 1 N–H and O–H groups in total. The van der Waals surface area contributed by atoms with Crippen LogP contribution in [0.1, 0.15) is 80.1 Å². The molecule has 4 saturated carbocycles. The first-order valence-corrected chi connectivity index (χ1v) is 16.1. The van der Waals surface area contributed by atoms with Crippen LogP contribution in [0.25, 0.3) is 16.9 Å². The van der Waals surface area contributed by atoms with Crippen LogP contribution < -0.4 is 5.19 Å². The second kappa shape index (κ2) is 16.0. The maximum atomic E-state index is 8.46. The maximum Gasteiger partial charge on any atom is 3.00 e. The third kappa shape index (κ3) is 10.4. The number of nitrogens with one attached hydrogen (secondary N) is 1. The van der Waals surface area contributed by atoms with Gasteiger partial charge in [0.15, 0.2) is 0 Å².